The van der Waals surface area contributed by atoms with E-state index in [-0.39, 0.29) is 24.3 Å². The van der Waals surface area contributed by atoms with E-state index in [1.54, 1.807) is 0 Å². The summed E-state index contributed by atoms with van der Waals surface area (Å²) in [6, 6.07) is 0.250. The van der Waals surface area contributed by atoms with Crippen molar-refractivity contribution < 1.29 is 47.9 Å². The Bertz CT molecular complexity index is 662. The van der Waals surface area contributed by atoms with Crippen LogP contribution in [0.2, 0.25) is 0 Å². The molecule has 0 saturated carbocycles. The van der Waals surface area contributed by atoms with Crippen LogP contribution in [-0.4, -0.2) is 26.4 Å². The van der Waals surface area contributed by atoms with Gasteiger partial charge < -0.3 is 0 Å². The smallest absolute Gasteiger partial charge is 0.216 e. The van der Waals surface area contributed by atoms with Gasteiger partial charge >= 0.3 is 23.9 Å². The summed E-state index contributed by atoms with van der Waals surface area (Å²) in [5, 5.41) is 0. The van der Waals surface area contributed by atoms with Crippen molar-refractivity contribution in [1.82, 2.24) is 0 Å². The maximum Gasteiger partial charge on any atom is 0.438 e. The highest BCUT2D eigenvalue weighted by Gasteiger charge is 2.84. The van der Waals surface area contributed by atoms with Crippen LogP contribution in [0.25, 0.3) is 0 Å². The Labute approximate surface area is 127 Å². The lowest BCUT2D eigenvalue weighted by Crippen LogP contribution is -2.63. The van der Waals surface area contributed by atoms with Crippen molar-refractivity contribution in [3.63, 3.8) is 0 Å². The average Bonchev–Trinajstić information content (AvgIpc) is 2.34. The molecule has 2 nitrogen and oxygen atoms in total. The van der Waals surface area contributed by atoms with Crippen LogP contribution in [0.5, 0.6) is 0 Å². The molecule has 23 heavy (non-hydrogen) atoms. The number of alkyl halides is 9. The molecule has 132 valence electrons. The minimum Gasteiger partial charge on any atom is -0.216 e. The van der Waals surface area contributed by atoms with Gasteiger partial charge in [0.25, 0.3) is 9.05 Å². The summed E-state index contributed by atoms with van der Waals surface area (Å²) in [6.07, 6.45) is -14.0. The molecule has 1 aromatic carbocycles. The largest absolute Gasteiger partial charge is 0.438 e. The Balaban J connectivity index is 3.55. The van der Waals surface area contributed by atoms with Gasteiger partial charge in [-0.25, -0.2) is 12.8 Å². The lowest BCUT2D eigenvalue weighted by molar-refractivity contribution is -0.400. The van der Waals surface area contributed by atoms with E-state index in [2.05, 4.69) is 0 Å². The molecule has 0 atom stereocenters. The average molecular weight is 395 g/mol. The van der Waals surface area contributed by atoms with Crippen LogP contribution in [0.1, 0.15) is 5.56 Å². The third-order valence-corrected chi connectivity index (χ3v) is 4.08. The normalized spacial score (nSPS) is 14.9. The third kappa shape index (κ3) is 3.23. The summed E-state index contributed by atoms with van der Waals surface area (Å²) >= 11 is 0. The highest BCUT2D eigenvalue weighted by atomic mass is 35.7. The second kappa shape index (κ2) is 5.43. The fraction of sp³-hybridized carbons (Fsp3) is 0.400. The van der Waals surface area contributed by atoms with Crippen molar-refractivity contribution in [3.8, 4) is 0 Å². The first kappa shape index (κ1) is 19.9. The van der Waals surface area contributed by atoms with Gasteiger partial charge in [-0.15, -0.1) is 0 Å². The first-order valence-corrected chi connectivity index (χ1v) is 7.52. The van der Waals surface area contributed by atoms with Gasteiger partial charge in [0, 0.05) is 16.2 Å². The molecule has 1 aromatic rings. The van der Waals surface area contributed by atoms with Gasteiger partial charge in [0.1, 0.15) is 0 Å². The van der Waals surface area contributed by atoms with E-state index in [0.29, 0.717) is 0 Å². The SMILES string of the molecule is O=S(=O)(Cl)c1ccc(C(F)(F)C(F)(C(F)(F)F)C(F)(F)F)cc1. The molecule has 0 N–H and O–H groups in total. The molecule has 13 heteroatoms. The summed E-state index contributed by atoms with van der Waals surface area (Å²) in [7, 11) is 0.343. The molecule has 0 heterocycles. The molecule has 0 amide bonds. The second-order valence-corrected chi connectivity index (χ2v) is 6.76. The van der Waals surface area contributed by atoms with Crippen LogP contribution in [0.4, 0.5) is 39.5 Å². The van der Waals surface area contributed by atoms with Crippen LogP contribution in [0.3, 0.4) is 0 Å². The molecule has 0 bridgehead atoms. The van der Waals surface area contributed by atoms with Crippen LogP contribution in [-0.2, 0) is 15.0 Å². The number of halogens is 10. The zero-order chi connectivity index (χ0) is 18.5. The second-order valence-electron chi connectivity index (χ2n) is 4.19. The van der Waals surface area contributed by atoms with E-state index in [1.807, 2.05) is 0 Å². The van der Waals surface area contributed by atoms with Crippen molar-refractivity contribution >= 4 is 19.7 Å². The molecular formula is C10H4ClF9O2S. The quantitative estimate of drug-likeness (QED) is 0.557. The van der Waals surface area contributed by atoms with Gasteiger partial charge in [-0.1, -0.05) is 12.1 Å². The third-order valence-electron chi connectivity index (χ3n) is 2.71. The lowest BCUT2D eigenvalue weighted by Gasteiger charge is -2.36. The molecule has 0 aliphatic carbocycles. The molecule has 0 radical (unpaired) electrons. The highest BCUT2D eigenvalue weighted by Crippen LogP contribution is 2.58. The Morgan fingerprint density at radius 3 is 1.35 bits per heavy atom. The van der Waals surface area contributed by atoms with E-state index in [1.165, 1.54) is 0 Å². The first-order chi connectivity index (χ1) is 9.96. The minimum atomic E-state index is -6.98. The van der Waals surface area contributed by atoms with E-state index >= 15 is 0 Å². The van der Waals surface area contributed by atoms with Crippen LogP contribution < -0.4 is 0 Å². The van der Waals surface area contributed by atoms with Crippen molar-refractivity contribution in [2.24, 2.45) is 0 Å². The molecule has 0 spiro atoms. The summed E-state index contributed by atoms with van der Waals surface area (Å²) in [4.78, 5) is -0.873. The number of hydrogen-bond donors (Lipinski definition) is 0. The fourth-order valence-corrected chi connectivity index (χ4v) is 2.31. The summed E-state index contributed by atoms with van der Waals surface area (Å²) in [6.45, 7) is 0. The topological polar surface area (TPSA) is 34.1 Å². The zero-order valence-electron chi connectivity index (χ0n) is 10.3. The van der Waals surface area contributed by atoms with E-state index in [9.17, 15) is 47.9 Å². The van der Waals surface area contributed by atoms with Gasteiger partial charge in [-0.05, 0) is 12.1 Å². The number of hydrogen-bond acceptors (Lipinski definition) is 2. The molecule has 0 fully saturated rings. The van der Waals surface area contributed by atoms with Crippen LogP contribution in [0, 0.1) is 0 Å². The Morgan fingerprint density at radius 1 is 0.739 bits per heavy atom. The Hall–Kier alpha value is -1.17. The summed E-state index contributed by atoms with van der Waals surface area (Å²) in [5.41, 5.74) is -8.90. The maximum absolute atomic E-state index is 13.6. The first-order valence-electron chi connectivity index (χ1n) is 5.21. The van der Waals surface area contributed by atoms with E-state index < -0.39 is 43.5 Å². The fourth-order valence-electron chi connectivity index (χ4n) is 1.54. The Kier molecular flexibility index (Phi) is 4.69. The highest BCUT2D eigenvalue weighted by molar-refractivity contribution is 8.13. The predicted octanol–water partition coefficient (Wildman–Crippen LogP) is 4.54. The van der Waals surface area contributed by atoms with Crippen molar-refractivity contribution in [2.75, 3.05) is 0 Å². The van der Waals surface area contributed by atoms with Crippen LogP contribution >= 0.6 is 10.7 Å². The monoisotopic (exact) mass is 394 g/mol. The molecule has 0 aliphatic rings. The molecule has 1 rings (SSSR count). The predicted molar refractivity (Wildman–Crippen MR) is 59.3 cm³/mol. The van der Waals surface area contributed by atoms with Crippen LogP contribution in [0.15, 0.2) is 29.2 Å². The molecule has 0 aromatic heterocycles. The summed E-state index contributed by atoms with van der Waals surface area (Å²) in [5.74, 6) is -6.07. The van der Waals surface area contributed by atoms with Gasteiger partial charge in [-0.2, -0.15) is 35.1 Å². The lowest BCUT2D eigenvalue weighted by atomic mass is 9.90. The summed E-state index contributed by atoms with van der Waals surface area (Å²) < 4.78 is 137. The number of benzene rings is 1. The van der Waals surface area contributed by atoms with Gasteiger partial charge in [0.05, 0.1) is 4.90 Å². The molecule has 0 saturated heterocycles. The van der Waals surface area contributed by atoms with Crippen molar-refractivity contribution in [2.45, 2.75) is 28.8 Å². The van der Waals surface area contributed by atoms with Gasteiger partial charge in [0.15, 0.2) is 0 Å². The molecular weight excluding hydrogens is 391 g/mol. The van der Waals surface area contributed by atoms with E-state index in [4.69, 9.17) is 10.7 Å². The van der Waals surface area contributed by atoms with Gasteiger partial charge in [0.2, 0.25) is 0 Å². The van der Waals surface area contributed by atoms with Crippen molar-refractivity contribution in [3.05, 3.63) is 29.8 Å². The minimum absolute atomic E-state index is 0.0962. The maximum atomic E-state index is 13.6. The zero-order valence-corrected chi connectivity index (χ0v) is 11.9. The molecule has 0 unspecified atom stereocenters. The molecule has 0 aliphatic heterocycles. The van der Waals surface area contributed by atoms with Crippen molar-refractivity contribution in [1.29, 1.82) is 0 Å². The van der Waals surface area contributed by atoms with E-state index in [0.717, 1.165) is 0 Å². The Morgan fingerprint density at radius 2 is 1.09 bits per heavy atom. The standard InChI is InChI=1S/C10H4ClF9O2S/c11-23(21,22)6-3-1-5(2-4-6)7(12,13)8(14,9(15,16)17)10(18,19)20/h1-4H. The van der Waals surface area contributed by atoms with Gasteiger partial charge in [-0.3, -0.25) is 0 Å². The number of rotatable bonds is 3.